The predicted molar refractivity (Wildman–Crippen MR) is 106 cm³/mol. The first kappa shape index (κ1) is 18.8. The summed E-state index contributed by atoms with van der Waals surface area (Å²) in [6, 6.07) is 13.7. The number of aromatic nitrogens is 2. The molecular formula is C21H16ClFN4O2. The number of H-pyrrole nitrogens is 1. The van der Waals surface area contributed by atoms with Gasteiger partial charge in [-0.1, -0.05) is 29.8 Å². The van der Waals surface area contributed by atoms with Gasteiger partial charge < -0.3 is 15.2 Å². The fourth-order valence-electron chi connectivity index (χ4n) is 3.45. The number of nitrogens with one attached hydrogen (secondary N) is 1. The first-order chi connectivity index (χ1) is 14.0. The molecule has 6 nitrogen and oxygen atoms in total. The number of rotatable bonds is 4. The summed E-state index contributed by atoms with van der Waals surface area (Å²) in [5.41, 5.74) is 7.93. The molecule has 0 amide bonds. The summed E-state index contributed by atoms with van der Waals surface area (Å²) in [6.45, 7) is 2.40. The van der Waals surface area contributed by atoms with Crippen LogP contribution in [0.15, 0.2) is 53.9 Å². The standard InChI is InChI=1S/C21H16ClFN4O2/c1-2-28-12-6-3-5-11(9-12)19-18-16(17-14(22)7-4-8-15(17)23)13(10-24)20(25)29-21(18)27-26-19/h3-9,16H,2,25H2,1H3,(H,26,27). The van der Waals surface area contributed by atoms with Crippen molar-refractivity contribution in [3.8, 4) is 29.0 Å². The number of nitriles is 1. The van der Waals surface area contributed by atoms with E-state index in [4.69, 9.17) is 26.8 Å². The van der Waals surface area contributed by atoms with E-state index in [2.05, 4.69) is 10.2 Å². The zero-order valence-corrected chi connectivity index (χ0v) is 16.1. The highest BCUT2D eigenvalue weighted by atomic mass is 35.5. The van der Waals surface area contributed by atoms with E-state index >= 15 is 0 Å². The Morgan fingerprint density at radius 2 is 2.10 bits per heavy atom. The van der Waals surface area contributed by atoms with Crippen molar-refractivity contribution in [2.45, 2.75) is 12.8 Å². The normalized spacial score (nSPS) is 15.4. The Morgan fingerprint density at radius 1 is 1.31 bits per heavy atom. The maximum Gasteiger partial charge on any atom is 0.244 e. The highest BCUT2D eigenvalue weighted by Gasteiger charge is 2.38. The van der Waals surface area contributed by atoms with Crippen LogP contribution in [0.1, 0.15) is 24.0 Å². The second-order valence-electron chi connectivity index (χ2n) is 6.34. The molecule has 29 heavy (non-hydrogen) atoms. The summed E-state index contributed by atoms with van der Waals surface area (Å²) in [5, 5.41) is 17.0. The number of halogens is 2. The van der Waals surface area contributed by atoms with Gasteiger partial charge in [0, 0.05) is 16.1 Å². The van der Waals surface area contributed by atoms with Gasteiger partial charge >= 0.3 is 0 Å². The van der Waals surface area contributed by atoms with E-state index in [0.717, 1.165) is 5.56 Å². The summed E-state index contributed by atoms with van der Waals surface area (Å²) in [5.74, 6) is -0.720. The lowest BCUT2D eigenvalue weighted by molar-refractivity contribution is 0.340. The molecule has 1 aliphatic heterocycles. The average Bonchev–Trinajstić information content (AvgIpc) is 3.11. The molecule has 2 heterocycles. The van der Waals surface area contributed by atoms with Crippen LogP contribution in [0.4, 0.5) is 4.39 Å². The van der Waals surface area contributed by atoms with Crippen molar-refractivity contribution in [1.29, 1.82) is 5.26 Å². The van der Waals surface area contributed by atoms with Crippen LogP contribution in [0.2, 0.25) is 5.02 Å². The van der Waals surface area contributed by atoms with Crippen molar-refractivity contribution in [2.24, 2.45) is 5.73 Å². The van der Waals surface area contributed by atoms with Crippen molar-refractivity contribution in [1.82, 2.24) is 10.2 Å². The number of aromatic amines is 1. The van der Waals surface area contributed by atoms with Crippen molar-refractivity contribution >= 4 is 11.6 Å². The average molecular weight is 411 g/mol. The van der Waals surface area contributed by atoms with Crippen LogP contribution in [0.3, 0.4) is 0 Å². The third-order valence-electron chi connectivity index (χ3n) is 4.66. The number of hydrogen-bond donors (Lipinski definition) is 2. The molecule has 0 saturated heterocycles. The minimum absolute atomic E-state index is 0.0631. The van der Waals surface area contributed by atoms with Crippen molar-refractivity contribution in [3.63, 3.8) is 0 Å². The summed E-state index contributed by atoms with van der Waals surface area (Å²) in [7, 11) is 0. The van der Waals surface area contributed by atoms with Gasteiger partial charge in [-0.15, -0.1) is 5.10 Å². The third kappa shape index (κ3) is 3.18. The second kappa shape index (κ2) is 7.49. The van der Waals surface area contributed by atoms with Crippen LogP contribution >= 0.6 is 11.6 Å². The number of nitrogens with zero attached hydrogens (tertiary/aromatic N) is 2. The SMILES string of the molecule is CCOc1cccc(-c2[nH]nc3c2C(c2c(F)cccc2Cl)C(C#N)=C(N)O3)c1. The summed E-state index contributed by atoms with van der Waals surface area (Å²) in [4.78, 5) is 0. The molecule has 3 aromatic rings. The lowest BCUT2D eigenvalue weighted by atomic mass is 9.82. The molecule has 0 spiro atoms. The molecule has 8 heteroatoms. The summed E-state index contributed by atoms with van der Waals surface area (Å²) < 4.78 is 25.9. The lowest BCUT2D eigenvalue weighted by Crippen LogP contribution is -2.21. The number of fused-ring (bicyclic) bond motifs is 1. The number of ether oxygens (including phenoxy) is 2. The Balaban J connectivity index is 1.96. The molecule has 3 N–H and O–H groups in total. The van der Waals surface area contributed by atoms with E-state index < -0.39 is 11.7 Å². The minimum Gasteiger partial charge on any atom is -0.494 e. The molecule has 1 atom stereocenters. The zero-order valence-electron chi connectivity index (χ0n) is 15.4. The van der Waals surface area contributed by atoms with Gasteiger partial charge in [0.2, 0.25) is 11.8 Å². The fourth-order valence-corrected chi connectivity index (χ4v) is 3.72. The van der Waals surface area contributed by atoms with E-state index in [1.54, 1.807) is 6.07 Å². The van der Waals surface area contributed by atoms with E-state index in [-0.39, 0.29) is 27.9 Å². The van der Waals surface area contributed by atoms with Gasteiger partial charge in [0.05, 0.1) is 23.8 Å². The van der Waals surface area contributed by atoms with E-state index in [0.29, 0.717) is 23.6 Å². The van der Waals surface area contributed by atoms with Crippen LogP contribution in [0, 0.1) is 17.1 Å². The Bertz CT molecular complexity index is 1150. The molecule has 0 saturated carbocycles. The van der Waals surface area contributed by atoms with Gasteiger partial charge in [-0.3, -0.25) is 5.10 Å². The number of allylic oxidation sites excluding steroid dienone is 1. The van der Waals surface area contributed by atoms with Crippen LogP contribution in [-0.2, 0) is 0 Å². The number of hydrogen-bond acceptors (Lipinski definition) is 5. The molecule has 1 aliphatic rings. The van der Waals surface area contributed by atoms with Gasteiger partial charge in [0.25, 0.3) is 0 Å². The molecule has 0 fully saturated rings. The molecule has 1 aromatic heterocycles. The van der Waals surface area contributed by atoms with Gasteiger partial charge in [0.15, 0.2) is 0 Å². The molecule has 0 radical (unpaired) electrons. The first-order valence-electron chi connectivity index (χ1n) is 8.88. The Morgan fingerprint density at radius 3 is 2.83 bits per heavy atom. The Labute approximate surface area is 171 Å². The van der Waals surface area contributed by atoms with Crippen molar-refractivity contribution in [3.05, 3.63) is 75.9 Å². The highest BCUT2D eigenvalue weighted by molar-refractivity contribution is 6.31. The second-order valence-corrected chi connectivity index (χ2v) is 6.75. The lowest BCUT2D eigenvalue weighted by Gasteiger charge is -2.25. The topological polar surface area (TPSA) is 97.0 Å². The monoisotopic (exact) mass is 410 g/mol. The first-order valence-corrected chi connectivity index (χ1v) is 9.25. The molecule has 146 valence electrons. The van der Waals surface area contributed by atoms with Crippen molar-refractivity contribution in [2.75, 3.05) is 6.61 Å². The van der Waals surface area contributed by atoms with Gasteiger partial charge in [-0.2, -0.15) is 5.26 Å². The van der Waals surface area contributed by atoms with Crippen LogP contribution in [-0.4, -0.2) is 16.8 Å². The number of benzene rings is 2. The maximum absolute atomic E-state index is 14.8. The van der Waals surface area contributed by atoms with Crippen LogP contribution < -0.4 is 15.2 Å². The molecule has 0 bridgehead atoms. The van der Waals surface area contributed by atoms with Gasteiger partial charge in [0.1, 0.15) is 23.2 Å². The van der Waals surface area contributed by atoms with Crippen molar-refractivity contribution < 1.29 is 13.9 Å². The highest BCUT2D eigenvalue weighted by Crippen LogP contribution is 2.48. The molecular weight excluding hydrogens is 395 g/mol. The minimum atomic E-state index is -0.873. The predicted octanol–water partition coefficient (Wildman–Crippen LogP) is 4.49. The Hall–Kier alpha value is -3.50. The molecule has 1 unspecified atom stereocenters. The molecule has 2 aromatic carbocycles. The zero-order chi connectivity index (χ0) is 20.5. The maximum atomic E-state index is 14.8. The molecule has 4 rings (SSSR count). The number of nitrogens with two attached hydrogens (primary N) is 1. The molecule has 0 aliphatic carbocycles. The van der Waals surface area contributed by atoms with Crippen LogP contribution in [0.25, 0.3) is 11.3 Å². The third-order valence-corrected chi connectivity index (χ3v) is 4.99. The smallest absolute Gasteiger partial charge is 0.244 e. The summed E-state index contributed by atoms with van der Waals surface area (Å²) in [6.07, 6.45) is 0. The fraction of sp³-hybridized carbons (Fsp3) is 0.143. The van der Waals surface area contributed by atoms with Gasteiger partial charge in [-0.05, 0) is 31.2 Å². The quantitative estimate of drug-likeness (QED) is 0.660. The van der Waals surface area contributed by atoms with Crippen LogP contribution in [0.5, 0.6) is 11.6 Å². The van der Waals surface area contributed by atoms with E-state index in [1.165, 1.54) is 12.1 Å². The largest absolute Gasteiger partial charge is 0.494 e. The summed E-state index contributed by atoms with van der Waals surface area (Å²) >= 11 is 6.33. The Kier molecular flexibility index (Phi) is 4.87. The van der Waals surface area contributed by atoms with Gasteiger partial charge in [-0.25, -0.2) is 4.39 Å². The van der Waals surface area contributed by atoms with E-state index in [1.807, 2.05) is 37.3 Å². The van der Waals surface area contributed by atoms with E-state index in [9.17, 15) is 9.65 Å².